The molecular weight excluding hydrogens is 523 g/mol. The predicted octanol–water partition coefficient (Wildman–Crippen LogP) is 2.07. The van der Waals surface area contributed by atoms with Crippen molar-refractivity contribution >= 4 is 29.7 Å². The number of cyclic esters (lactones) is 1. The van der Waals surface area contributed by atoms with Crippen LogP contribution in [-0.2, 0) is 20.7 Å². The number of piperidine rings is 1. The topological polar surface area (TPSA) is 167 Å². The van der Waals surface area contributed by atoms with E-state index in [9.17, 15) is 23.6 Å². The Labute approximate surface area is 230 Å². The Morgan fingerprint density at radius 2 is 2.00 bits per heavy atom. The number of carbonyl (C=O) groups is 4. The summed E-state index contributed by atoms with van der Waals surface area (Å²) in [6.07, 6.45) is 0.250. The molecule has 0 aliphatic carbocycles. The van der Waals surface area contributed by atoms with Crippen molar-refractivity contribution in [1.29, 1.82) is 5.41 Å². The number of rotatable bonds is 11. The van der Waals surface area contributed by atoms with Gasteiger partial charge in [0.05, 0.1) is 6.04 Å². The molecule has 2 fully saturated rings. The molecule has 13 heteroatoms. The number of aryl methyl sites for hydroxylation is 1. The molecule has 1 aromatic carbocycles. The molecule has 4 atom stereocenters. The normalized spacial score (nSPS) is 20.5. The molecule has 4 rings (SSSR count). The van der Waals surface area contributed by atoms with Crippen LogP contribution >= 0.6 is 0 Å². The first-order chi connectivity index (χ1) is 19.2. The molecule has 0 radical (unpaired) electrons. The maximum absolute atomic E-state index is 13.7. The van der Waals surface area contributed by atoms with Gasteiger partial charge in [-0.15, -0.1) is 0 Å². The van der Waals surface area contributed by atoms with Gasteiger partial charge in [-0.3, -0.25) is 24.7 Å². The highest BCUT2D eigenvalue weighted by Crippen LogP contribution is 2.25. The van der Waals surface area contributed by atoms with Gasteiger partial charge in [0.1, 0.15) is 23.5 Å². The SMILES string of the molecule is CCCN1C(=N)[C@H]([C@H](C[C@@H]2CCCNC2=O)NC(=O)[C@H](Cc2ccc(F)cc2)NC(=O)c2cc(C)on2)OC1=O. The molecule has 40 heavy (non-hydrogen) atoms. The minimum absolute atomic E-state index is 0.00911. The molecule has 2 aliphatic heterocycles. The number of aromatic nitrogens is 1. The third kappa shape index (κ3) is 6.82. The predicted molar refractivity (Wildman–Crippen MR) is 140 cm³/mol. The number of ether oxygens (including phenoxy) is 1. The number of halogens is 1. The Morgan fingerprint density at radius 3 is 2.65 bits per heavy atom. The zero-order valence-corrected chi connectivity index (χ0v) is 22.4. The first-order valence-electron chi connectivity index (χ1n) is 13.3. The molecule has 2 aromatic rings. The van der Waals surface area contributed by atoms with E-state index in [1.165, 1.54) is 35.2 Å². The second kappa shape index (κ2) is 12.7. The van der Waals surface area contributed by atoms with Crippen molar-refractivity contribution in [1.82, 2.24) is 26.0 Å². The van der Waals surface area contributed by atoms with Crippen LogP contribution in [0.15, 0.2) is 34.9 Å². The monoisotopic (exact) mass is 556 g/mol. The molecule has 4 N–H and O–H groups in total. The lowest BCUT2D eigenvalue weighted by molar-refractivity contribution is -0.128. The third-order valence-electron chi connectivity index (χ3n) is 6.92. The van der Waals surface area contributed by atoms with Gasteiger partial charge in [0.15, 0.2) is 11.8 Å². The van der Waals surface area contributed by atoms with E-state index in [-0.39, 0.29) is 36.8 Å². The lowest BCUT2D eigenvalue weighted by Gasteiger charge is -2.30. The second-order valence-electron chi connectivity index (χ2n) is 10.0. The zero-order chi connectivity index (χ0) is 28.8. The molecule has 12 nitrogen and oxygen atoms in total. The van der Waals surface area contributed by atoms with Gasteiger partial charge >= 0.3 is 6.09 Å². The number of benzene rings is 1. The summed E-state index contributed by atoms with van der Waals surface area (Å²) in [4.78, 5) is 52.9. The van der Waals surface area contributed by atoms with Crippen molar-refractivity contribution in [2.24, 2.45) is 5.92 Å². The Hall–Kier alpha value is -4.29. The van der Waals surface area contributed by atoms with Crippen LogP contribution in [0.4, 0.5) is 9.18 Å². The van der Waals surface area contributed by atoms with Gasteiger partial charge in [-0.25, -0.2) is 9.18 Å². The molecule has 4 amide bonds. The highest BCUT2D eigenvalue weighted by Gasteiger charge is 2.44. The van der Waals surface area contributed by atoms with Gasteiger partial charge in [0, 0.05) is 31.5 Å². The highest BCUT2D eigenvalue weighted by atomic mass is 19.1. The largest absolute Gasteiger partial charge is 0.435 e. The average molecular weight is 557 g/mol. The molecule has 0 unspecified atom stereocenters. The summed E-state index contributed by atoms with van der Waals surface area (Å²) in [6, 6.07) is 4.87. The molecule has 1 aromatic heterocycles. The van der Waals surface area contributed by atoms with E-state index in [1.54, 1.807) is 6.92 Å². The van der Waals surface area contributed by atoms with Crippen molar-refractivity contribution < 1.29 is 32.8 Å². The quantitative estimate of drug-likeness (QED) is 0.329. The highest BCUT2D eigenvalue weighted by molar-refractivity contribution is 6.02. The summed E-state index contributed by atoms with van der Waals surface area (Å²) < 4.78 is 24.0. The van der Waals surface area contributed by atoms with Crippen LogP contribution in [-0.4, -0.2) is 71.0 Å². The van der Waals surface area contributed by atoms with Gasteiger partial charge < -0.3 is 25.2 Å². The van der Waals surface area contributed by atoms with Gasteiger partial charge in [0.2, 0.25) is 11.8 Å². The van der Waals surface area contributed by atoms with E-state index in [0.29, 0.717) is 30.7 Å². The minimum Gasteiger partial charge on any atom is -0.435 e. The summed E-state index contributed by atoms with van der Waals surface area (Å²) in [7, 11) is 0. The van der Waals surface area contributed by atoms with Crippen molar-refractivity contribution in [3.63, 3.8) is 0 Å². The molecular formula is C27H33FN6O6. The summed E-state index contributed by atoms with van der Waals surface area (Å²) >= 11 is 0. The molecule has 214 valence electrons. The standard InChI is InChI=1S/C27H33FN6O6/c1-3-11-34-23(29)22(39-27(34)38)19(14-17-5-4-10-30-24(17)35)31-25(36)20(13-16-6-8-18(28)9-7-16)32-26(37)21-12-15(2)40-33-21/h6-9,12,17,19-20,22,29H,3-5,10-11,13-14H2,1-2H3,(H,30,35)(H,31,36)(H,32,37)/t17-,19-,20-,22-/m0/s1. The van der Waals surface area contributed by atoms with Gasteiger partial charge in [-0.05, 0) is 50.3 Å². The first-order valence-corrected chi connectivity index (χ1v) is 13.3. The maximum atomic E-state index is 13.7. The molecule has 3 heterocycles. The van der Waals surface area contributed by atoms with E-state index in [1.807, 2.05) is 6.92 Å². The lowest BCUT2D eigenvalue weighted by Crippen LogP contribution is -2.56. The fourth-order valence-corrected chi connectivity index (χ4v) is 4.87. The van der Waals surface area contributed by atoms with Gasteiger partial charge in [-0.2, -0.15) is 0 Å². The van der Waals surface area contributed by atoms with Crippen LogP contribution in [0.3, 0.4) is 0 Å². The molecule has 2 aliphatic rings. The van der Waals surface area contributed by atoms with Crippen LogP contribution in [0, 0.1) is 24.1 Å². The van der Waals surface area contributed by atoms with Crippen molar-refractivity contribution in [2.45, 2.75) is 64.1 Å². The van der Waals surface area contributed by atoms with Crippen LogP contribution in [0.1, 0.15) is 54.4 Å². The van der Waals surface area contributed by atoms with E-state index in [2.05, 4.69) is 21.1 Å². The summed E-state index contributed by atoms with van der Waals surface area (Å²) in [5, 5.41) is 20.6. The van der Waals surface area contributed by atoms with Crippen LogP contribution in [0.25, 0.3) is 0 Å². The smallest absolute Gasteiger partial charge is 0.416 e. The minimum atomic E-state index is -1.14. The Kier molecular flexibility index (Phi) is 9.12. The molecule has 0 bridgehead atoms. The Morgan fingerprint density at radius 1 is 1.25 bits per heavy atom. The molecule has 0 spiro atoms. The van der Waals surface area contributed by atoms with Gasteiger partial charge in [0.25, 0.3) is 5.91 Å². The zero-order valence-electron chi connectivity index (χ0n) is 22.4. The van der Waals surface area contributed by atoms with Crippen molar-refractivity contribution in [2.75, 3.05) is 13.1 Å². The Bertz CT molecular complexity index is 1260. The number of nitrogens with one attached hydrogen (secondary N) is 4. The van der Waals surface area contributed by atoms with E-state index in [4.69, 9.17) is 14.7 Å². The third-order valence-corrected chi connectivity index (χ3v) is 6.92. The number of nitrogens with zero attached hydrogens (tertiary/aromatic N) is 2. The summed E-state index contributed by atoms with van der Waals surface area (Å²) in [6.45, 7) is 4.31. The fraction of sp³-hybridized carbons (Fsp3) is 0.481. The summed E-state index contributed by atoms with van der Waals surface area (Å²) in [5.74, 6) is -2.07. The van der Waals surface area contributed by atoms with E-state index in [0.717, 1.165) is 6.42 Å². The van der Waals surface area contributed by atoms with Crippen molar-refractivity contribution in [3.05, 3.63) is 53.2 Å². The molecule has 0 saturated carbocycles. The summed E-state index contributed by atoms with van der Waals surface area (Å²) in [5.41, 5.74) is 0.557. The van der Waals surface area contributed by atoms with E-state index >= 15 is 0 Å². The van der Waals surface area contributed by atoms with E-state index < -0.39 is 47.8 Å². The number of carbonyl (C=O) groups excluding carboxylic acids is 4. The maximum Gasteiger partial charge on any atom is 0.416 e. The Balaban J connectivity index is 1.58. The van der Waals surface area contributed by atoms with Crippen LogP contribution in [0.5, 0.6) is 0 Å². The van der Waals surface area contributed by atoms with Crippen molar-refractivity contribution in [3.8, 4) is 0 Å². The van der Waals surface area contributed by atoms with Crippen LogP contribution < -0.4 is 16.0 Å². The number of amidine groups is 1. The lowest BCUT2D eigenvalue weighted by atomic mass is 9.89. The number of hydrogen-bond donors (Lipinski definition) is 4. The second-order valence-corrected chi connectivity index (χ2v) is 10.0. The van der Waals surface area contributed by atoms with Crippen LogP contribution in [0.2, 0.25) is 0 Å². The van der Waals surface area contributed by atoms with Gasteiger partial charge in [-0.1, -0.05) is 24.2 Å². The average Bonchev–Trinajstić information content (AvgIpc) is 3.49. The number of amides is 4. The first kappa shape index (κ1) is 28.7. The molecule has 2 saturated heterocycles. The number of hydrogen-bond acceptors (Lipinski definition) is 8. The fourth-order valence-electron chi connectivity index (χ4n) is 4.87.